The maximum Gasteiger partial charge on any atom is 0.303 e. The van der Waals surface area contributed by atoms with Crippen LogP contribution in [0, 0.1) is 5.92 Å². The van der Waals surface area contributed by atoms with Crippen molar-refractivity contribution >= 4 is 5.97 Å². The van der Waals surface area contributed by atoms with Crippen molar-refractivity contribution in [2.24, 2.45) is 5.92 Å². The molecule has 2 aliphatic heterocycles. The Labute approximate surface area is 101 Å². The molecular formula is C12H21NO4. The maximum atomic E-state index is 10.5. The molecule has 0 aliphatic carbocycles. The number of carboxylic acids is 1. The lowest BCUT2D eigenvalue weighted by atomic mass is 9.90. The maximum absolute atomic E-state index is 10.5. The van der Waals surface area contributed by atoms with Crippen LogP contribution in [0.2, 0.25) is 0 Å². The van der Waals surface area contributed by atoms with E-state index in [-0.39, 0.29) is 12.5 Å². The van der Waals surface area contributed by atoms with Gasteiger partial charge in [0.05, 0.1) is 12.7 Å². The van der Waals surface area contributed by atoms with E-state index < -0.39 is 11.8 Å². The molecule has 0 aromatic rings. The van der Waals surface area contributed by atoms with Gasteiger partial charge in [0, 0.05) is 12.3 Å². The van der Waals surface area contributed by atoms with Crippen LogP contribution in [0.5, 0.6) is 0 Å². The largest absolute Gasteiger partial charge is 0.481 e. The van der Waals surface area contributed by atoms with Crippen molar-refractivity contribution < 1.29 is 19.4 Å². The van der Waals surface area contributed by atoms with Gasteiger partial charge in [-0.15, -0.1) is 0 Å². The van der Waals surface area contributed by atoms with Crippen LogP contribution < -0.4 is 5.32 Å². The fraction of sp³-hybridized carbons (Fsp3) is 0.917. The molecule has 2 heterocycles. The molecule has 0 saturated carbocycles. The van der Waals surface area contributed by atoms with Crippen LogP contribution in [0.4, 0.5) is 0 Å². The summed E-state index contributed by atoms with van der Waals surface area (Å²) in [6.45, 7) is 4.52. The van der Waals surface area contributed by atoms with Gasteiger partial charge in [0.1, 0.15) is 0 Å². The van der Waals surface area contributed by atoms with Crippen LogP contribution in [-0.4, -0.2) is 42.7 Å². The minimum Gasteiger partial charge on any atom is -0.481 e. The molecule has 5 nitrogen and oxygen atoms in total. The molecule has 0 aromatic carbocycles. The van der Waals surface area contributed by atoms with Gasteiger partial charge >= 0.3 is 5.97 Å². The number of carbonyl (C=O) groups is 1. The Kier molecular flexibility index (Phi) is 4.01. The fourth-order valence-electron chi connectivity index (χ4n) is 2.64. The van der Waals surface area contributed by atoms with Gasteiger partial charge < -0.3 is 19.9 Å². The molecule has 0 radical (unpaired) electrons. The Morgan fingerprint density at radius 3 is 2.82 bits per heavy atom. The molecule has 2 aliphatic rings. The summed E-state index contributed by atoms with van der Waals surface area (Å²) < 4.78 is 11.7. The first-order valence-electron chi connectivity index (χ1n) is 6.34. The van der Waals surface area contributed by atoms with Gasteiger partial charge in [-0.2, -0.15) is 0 Å². The molecule has 0 bridgehead atoms. The van der Waals surface area contributed by atoms with Crippen molar-refractivity contribution in [1.82, 2.24) is 5.32 Å². The van der Waals surface area contributed by atoms with Crippen molar-refractivity contribution in [3.05, 3.63) is 0 Å². The molecule has 2 saturated heterocycles. The van der Waals surface area contributed by atoms with Crippen LogP contribution in [0.3, 0.4) is 0 Å². The molecule has 5 heteroatoms. The van der Waals surface area contributed by atoms with Crippen LogP contribution >= 0.6 is 0 Å². The zero-order valence-electron chi connectivity index (χ0n) is 10.3. The first-order chi connectivity index (χ1) is 8.10. The number of hydrogen-bond acceptors (Lipinski definition) is 4. The van der Waals surface area contributed by atoms with Crippen molar-refractivity contribution in [2.75, 3.05) is 19.7 Å². The zero-order chi connectivity index (χ0) is 12.3. The highest BCUT2D eigenvalue weighted by Crippen LogP contribution is 2.36. The van der Waals surface area contributed by atoms with Gasteiger partial charge in [0.15, 0.2) is 5.79 Å². The fourth-order valence-corrected chi connectivity index (χ4v) is 2.64. The van der Waals surface area contributed by atoms with Crippen LogP contribution in [-0.2, 0) is 14.3 Å². The van der Waals surface area contributed by atoms with Gasteiger partial charge in [-0.1, -0.05) is 0 Å². The molecule has 2 fully saturated rings. The van der Waals surface area contributed by atoms with E-state index in [0.29, 0.717) is 18.9 Å². The van der Waals surface area contributed by atoms with Crippen LogP contribution in [0.25, 0.3) is 0 Å². The molecule has 98 valence electrons. The SMILES string of the molecule is CC1(C2CCNCC2)OCC(CCC(=O)O)O1. The second-order valence-electron chi connectivity index (χ2n) is 5.02. The number of hydrogen-bond donors (Lipinski definition) is 2. The smallest absolute Gasteiger partial charge is 0.303 e. The van der Waals surface area contributed by atoms with Crippen LogP contribution in [0.1, 0.15) is 32.6 Å². The van der Waals surface area contributed by atoms with E-state index in [0.717, 1.165) is 25.9 Å². The molecule has 0 amide bonds. The Morgan fingerprint density at radius 2 is 2.18 bits per heavy atom. The first-order valence-corrected chi connectivity index (χ1v) is 6.34. The third-order valence-electron chi connectivity index (χ3n) is 3.72. The summed E-state index contributed by atoms with van der Waals surface area (Å²) in [4.78, 5) is 10.5. The quantitative estimate of drug-likeness (QED) is 0.770. The molecule has 2 atom stereocenters. The first kappa shape index (κ1) is 12.8. The number of rotatable bonds is 4. The summed E-state index contributed by atoms with van der Waals surface area (Å²) in [6.07, 6.45) is 2.74. The molecule has 0 aromatic heterocycles. The number of carboxylic acid groups (broad SMARTS) is 1. The number of piperidine rings is 1. The van der Waals surface area contributed by atoms with E-state index in [2.05, 4.69) is 5.32 Å². The third kappa shape index (κ3) is 3.18. The Hall–Kier alpha value is -0.650. The lowest BCUT2D eigenvalue weighted by molar-refractivity contribution is -0.197. The Balaban J connectivity index is 1.84. The standard InChI is InChI=1S/C12H21NO4/c1-12(9-4-6-13-7-5-9)16-8-10(17-12)2-3-11(14)15/h9-10,13H,2-8H2,1H3,(H,14,15). The molecule has 17 heavy (non-hydrogen) atoms. The van der Waals surface area contributed by atoms with Crippen molar-refractivity contribution in [2.45, 2.75) is 44.5 Å². The highest BCUT2D eigenvalue weighted by atomic mass is 16.7. The molecule has 2 rings (SSSR count). The minimum absolute atomic E-state index is 0.0639. The van der Waals surface area contributed by atoms with Crippen molar-refractivity contribution in [1.29, 1.82) is 0 Å². The van der Waals surface area contributed by atoms with E-state index in [4.69, 9.17) is 14.6 Å². The summed E-state index contributed by atoms with van der Waals surface area (Å²) in [5, 5.41) is 12.0. The summed E-state index contributed by atoms with van der Waals surface area (Å²) in [6, 6.07) is 0. The van der Waals surface area contributed by atoms with Gasteiger partial charge in [-0.05, 0) is 39.3 Å². The van der Waals surface area contributed by atoms with E-state index in [1.165, 1.54) is 0 Å². The summed E-state index contributed by atoms with van der Waals surface area (Å²) in [7, 11) is 0. The molecule has 2 unspecified atom stereocenters. The zero-order valence-corrected chi connectivity index (χ0v) is 10.3. The monoisotopic (exact) mass is 243 g/mol. The van der Waals surface area contributed by atoms with E-state index in [1.807, 2.05) is 6.92 Å². The lowest BCUT2D eigenvalue weighted by Crippen LogP contribution is -2.42. The molecule has 2 N–H and O–H groups in total. The topological polar surface area (TPSA) is 67.8 Å². The van der Waals surface area contributed by atoms with E-state index in [1.54, 1.807) is 0 Å². The van der Waals surface area contributed by atoms with Gasteiger partial charge in [-0.3, -0.25) is 4.79 Å². The normalized spacial score (nSPS) is 35.0. The van der Waals surface area contributed by atoms with Gasteiger partial charge in [-0.25, -0.2) is 0 Å². The average Bonchev–Trinajstić information content (AvgIpc) is 2.71. The predicted octanol–water partition coefficient (Wildman–Crippen LogP) is 0.982. The molecule has 0 spiro atoms. The Bertz CT molecular complexity index is 278. The van der Waals surface area contributed by atoms with E-state index in [9.17, 15) is 4.79 Å². The second kappa shape index (κ2) is 5.33. The Morgan fingerprint density at radius 1 is 1.47 bits per heavy atom. The van der Waals surface area contributed by atoms with Gasteiger partial charge in [0.25, 0.3) is 0 Å². The summed E-state index contributed by atoms with van der Waals surface area (Å²) >= 11 is 0. The lowest BCUT2D eigenvalue weighted by Gasteiger charge is -2.35. The number of aliphatic carboxylic acids is 1. The molecular weight excluding hydrogens is 222 g/mol. The number of nitrogens with one attached hydrogen (secondary N) is 1. The van der Waals surface area contributed by atoms with Crippen molar-refractivity contribution in [3.63, 3.8) is 0 Å². The van der Waals surface area contributed by atoms with Crippen molar-refractivity contribution in [3.8, 4) is 0 Å². The van der Waals surface area contributed by atoms with Gasteiger partial charge in [0.2, 0.25) is 0 Å². The number of ether oxygens (including phenoxy) is 2. The average molecular weight is 243 g/mol. The third-order valence-corrected chi connectivity index (χ3v) is 3.72. The highest BCUT2D eigenvalue weighted by Gasteiger charge is 2.43. The second-order valence-corrected chi connectivity index (χ2v) is 5.02. The van der Waals surface area contributed by atoms with Crippen LogP contribution in [0.15, 0.2) is 0 Å². The predicted molar refractivity (Wildman–Crippen MR) is 61.7 cm³/mol. The minimum atomic E-state index is -0.774. The van der Waals surface area contributed by atoms with E-state index >= 15 is 0 Å². The summed E-state index contributed by atoms with van der Waals surface area (Å²) in [5.41, 5.74) is 0. The highest BCUT2D eigenvalue weighted by molar-refractivity contribution is 5.66. The summed E-state index contributed by atoms with van der Waals surface area (Å²) in [5.74, 6) is -0.867.